The Hall–Kier alpha value is -1.84. The fourth-order valence-electron chi connectivity index (χ4n) is 3.00. The van der Waals surface area contributed by atoms with Crippen LogP contribution in [0.4, 0.5) is 0 Å². The van der Waals surface area contributed by atoms with Gasteiger partial charge in [0, 0.05) is 25.4 Å². The van der Waals surface area contributed by atoms with Crippen LogP contribution in [0, 0.1) is 5.92 Å². The smallest absolute Gasteiger partial charge is 0.303 e. The Bertz CT molecular complexity index is 486. The van der Waals surface area contributed by atoms with E-state index in [9.17, 15) is 9.59 Å². The molecule has 1 aliphatic heterocycles. The molecule has 1 N–H and O–H groups in total. The number of carboxylic acid groups (broad SMARTS) is 1. The van der Waals surface area contributed by atoms with E-state index in [0.717, 1.165) is 25.1 Å². The first kappa shape index (κ1) is 15.5. The van der Waals surface area contributed by atoms with Crippen molar-refractivity contribution in [3.8, 4) is 0 Å². The Morgan fingerprint density at radius 2 is 2.00 bits per heavy atom. The second-order valence-electron chi connectivity index (χ2n) is 6.00. The molecule has 1 saturated heterocycles. The molecule has 0 saturated carbocycles. The average molecular weight is 289 g/mol. The summed E-state index contributed by atoms with van der Waals surface area (Å²) in [5.41, 5.74) is 0.929. The summed E-state index contributed by atoms with van der Waals surface area (Å²) in [4.78, 5) is 25.4. The second-order valence-corrected chi connectivity index (χ2v) is 6.00. The largest absolute Gasteiger partial charge is 0.481 e. The van der Waals surface area contributed by atoms with E-state index in [1.54, 1.807) is 0 Å². The maximum Gasteiger partial charge on any atom is 0.303 e. The molecule has 0 bridgehead atoms. The number of hydrogen-bond acceptors (Lipinski definition) is 2. The lowest BCUT2D eigenvalue weighted by atomic mass is 9.91. The highest BCUT2D eigenvalue weighted by atomic mass is 16.4. The van der Waals surface area contributed by atoms with Gasteiger partial charge in [0.05, 0.1) is 6.42 Å². The van der Waals surface area contributed by atoms with E-state index in [0.29, 0.717) is 5.92 Å². The maximum absolute atomic E-state index is 12.4. The first-order valence-electron chi connectivity index (χ1n) is 7.60. The molecule has 1 heterocycles. The zero-order chi connectivity index (χ0) is 15.2. The van der Waals surface area contributed by atoms with Crippen LogP contribution in [-0.2, 0) is 9.59 Å². The fourth-order valence-corrected chi connectivity index (χ4v) is 3.00. The molecule has 0 aliphatic carbocycles. The number of carboxylic acids is 1. The normalized spacial score (nSPS) is 20.0. The minimum Gasteiger partial charge on any atom is -0.481 e. The van der Waals surface area contributed by atoms with Crippen LogP contribution in [0.3, 0.4) is 0 Å². The Morgan fingerprint density at radius 3 is 2.62 bits per heavy atom. The van der Waals surface area contributed by atoms with E-state index < -0.39 is 5.97 Å². The summed E-state index contributed by atoms with van der Waals surface area (Å²) in [6.07, 6.45) is 2.49. The molecule has 1 aliphatic rings. The first-order valence-corrected chi connectivity index (χ1v) is 7.60. The molecule has 0 aromatic heterocycles. The first-order chi connectivity index (χ1) is 10.1. The van der Waals surface area contributed by atoms with Crippen LogP contribution < -0.4 is 0 Å². The fraction of sp³-hybridized carbons (Fsp3) is 0.529. The Morgan fingerprint density at radius 1 is 1.29 bits per heavy atom. The van der Waals surface area contributed by atoms with Crippen LogP contribution in [0.15, 0.2) is 30.3 Å². The molecular formula is C17H23NO3. The van der Waals surface area contributed by atoms with Crippen LogP contribution in [0.2, 0.25) is 0 Å². The van der Waals surface area contributed by atoms with Gasteiger partial charge in [-0.3, -0.25) is 9.59 Å². The molecule has 21 heavy (non-hydrogen) atoms. The Kier molecular flexibility index (Phi) is 5.37. The van der Waals surface area contributed by atoms with Gasteiger partial charge in [0.2, 0.25) is 5.91 Å². The Balaban J connectivity index is 2.04. The van der Waals surface area contributed by atoms with E-state index in [2.05, 4.69) is 6.92 Å². The van der Waals surface area contributed by atoms with Crippen LogP contribution in [-0.4, -0.2) is 35.0 Å². The minimum absolute atomic E-state index is 0.000846. The zero-order valence-corrected chi connectivity index (χ0v) is 12.5. The number of nitrogens with zero attached hydrogens (tertiary/aromatic N) is 1. The summed E-state index contributed by atoms with van der Waals surface area (Å²) < 4.78 is 0. The number of amides is 1. The summed E-state index contributed by atoms with van der Waals surface area (Å²) in [7, 11) is 0. The summed E-state index contributed by atoms with van der Waals surface area (Å²) in [6, 6.07) is 9.48. The molecule has 1 aromatic rings. The predicted octanol–water partition coefficient (Wildman–Crippen LogP) is 2.89. The van der Waals surface area contributed by atoms with Crippen molar-refractivity contribution in [2.75, 3.05) is 13.1 Å². The van der Waals surface area contributed by atoms with Crippen molar-refractivity contribution in [3.05, 3.63) is 35.9 Å². The number of aliphatic carboxylic acids is 1. The standard InChI is InChI=1S/C17H23NO3/c1-13-6-5-9-18(12-13)16(19)10-15(11-17(20)21)14-7-3-2-4-8-14/h2-4,7-8,13,15H,5-6,9-12H2,1H3,(H,20,21)/t13-,15-/m0/s1. The molecule has 2 rings (SSSR count). The molecule has 0 radical (unpaired) electrons. The lowest BCUT2D eigenvalue weighted by Crippen LogP contribution is -2.39. The van der Waals surface area contributed by atoms with Crippen LogP contribution >= 0.6 is 0 Å². The summed E-state index contributed by atoms with van der Waals surface area (Å²) in [5, 5.41) is 9.09. The van der Waals surface area contributed by atoms with Gasteiger partial charge in [0.15, 0.2) is 0 Å². The van der Waals surface area contributed by atoms with Gasteiger partial charge in [-0.15, -0.1) is 0 Å². The third-order valence-electron chi connectivity index (χ3n) is 4.12. The maximum atomic E-state index is 12.4. The van der Waals surface area contributed by atoms with Gasteiger partial charge >= 0.3 is 5.97 Å². The molecule has 2 atom stereocenters. The van der Waals surface area contributed by atoms with Crippen molar-refractivity contribution in [2.45, 2.75) is 38.5 Å². The molecule has 0 spiro atoms. The summed E-state index contributed by atoms with van der Waals surface area (Å²) >= 11 is 0. The number of piperidine rings is 1. The van der Waals surface area contributed by atoms with Crippen molar-refractivity contribution < 1.29 is 14.7 Å². The Labute approximate surface area is 125 Å². The molecular weight excluding hydrogens is 266 g/mol. The third-order valence-corrected chi connectivity index (χ3v) is 4.12. The highest BCUT2D eigenvalue weighted by Crippen LogP contribution is 2.26. The van der Waals surface area contributed by atoms with E-state index in [1.807, 2.05) is 35.2 Å². The van der Waals surface area contributed by atoms with E-state index >= 15 is 0 Å². The van der Waals surface area contributed by atoms with Crippen molar-refractivity contribution in [2.24, 2.45) is 5.92 Å². The van der Waals surface area contributed by atoms with Crippen molar-refractivity contribution in [1.82, 2.24) is 4.90 Å². The van der Waals surface area contributed by atoms with Crippen molar-refractivity contribution in [3.63, 3.8) is 0 Å². The van der Waals surface area contributed by atoms with Gasteiger partial charge in [-0.1, -0.05) is 37.3 Å². The molecule has 0 unspecified atom stereocenters. The average Bonchev–Trinajstić information content (AvgIpc) is 2.47. The third kappa shape index (κ3) is 4.59. The van der Waals surface area contributed by atoms with Crippen LogP contribution in [0.5, 0.6) is 0 Å². The lowest BCUT2D eigenvalue weighted by Gasteiger charge is -2.32. The van der Waals surface area contributed by atoms with E-state index in [4.69, 9.17) is 5.11 Å². The van der Waals surface area contributed by atoms with Crippen molar-refractivity contribution >= 4 is 11.9 Å². The lowest BCUT2D eigenvalue weighted by molar-refractivity contribution is -0.138. The van der Waals surface area contributed by atoms with Gasteiger partial charge < -0.3 is 10.0 Å². The number of carbonyl (C=O) groups is 2. The molecule has 1 fully saturated rings. The zero-order valence-electron chi connectivity index (χ0n) is 12.5. The topological polar surface area (TPSA) is 57.6 Å². The number of carbonyl (C=O) groups excluding carboxylic acids is 1. The summed E-state index contributed by atoms with van der Waals surface area (Å²) in [6.45, 7) is 3.76. The molecule has 4 heteroatoms. The van der Waals surface area contributed by atoms with E-state index in [-0.39, 0.29) is 24.7 Å². The van der Waals surface area contributed by atoms with Gasteiger partial charge in [-0.2, -0.15) is 0 Å². The van der Waals surface area contributed by atoms with Crippen LogP contribution in [0.25, 0.3) is 0 Å². The minimum atomic E-state index is -0.858. The number of rotatable bonds is 5. The van der Waals surface area contributed by atoms with Gasteiger partial charge in [-0.25, -0.2) is 0 Å². The SMILES string of the molecule is C[C@H]1CCCN(C(=O)C[C@@H](CC(=O)O)c2ccccc2)C1. The number of hydrogen-bond donors (Lipinski definition) is 1. The van der Waals surface area contributed by atoms with Gasteiger partial charge in [0.1, 0.15) is 0 Å². The highest BCUT2D eigenvalue weighted by Gasteiger charge is 2.25. The van der Waals surface area contributed by atoms with Gasteiger partial charge in [-0.05, 0) is 24.3 Å². The summed E-state index contributed by atoms with van der Waals surface area (Å²) in [5.74, 6) is -0.480. The second kappa shape index (κ2) is 7.25. The number of likely N-dealkylation sites (tertiary alicyclic amines) is 1. The molecule has 114 valence electrons. The quantitative estimate of drug-likeness (QED) is 0.906. The molecule has 1 aromatic carbocycles. The number of benzene rings is 1. The van der Waals surface area contributed by atoms with Crippen LogP contribution in [0.1, 0.15) is 44.1 Å². The monoisotopic (exact) mass is 289 g/mol. The van der Waals surface area contributed by atoms with Crippen molar-refractivity contribution in [1.29, 1.82) is 0 Å². The predicted molar refractivity (Wildman–Crippen MR) is 81.0 cm³/mol. The van der Waals surface area contributed by atoms with Gasteiger partial charge in [0.25, 0.3) is 0 Å². The molecule has 1 amide bonds. The van der Waals surface area contributed by atoms with E-state index in [1.165, 1.54) is 6.42 Å². The molecule has 4 nitrogen and oxygen atoms in total. The highest BCUT2D eigenvalue weighted by molar-refractivity contribution is 5.78.